The molecule has 21 heavy (non-hydrogen) atoms. The zero-order valence-electron chi connectivity index (χ0n) is 13.7. The molecule has 2 fully saturated rings. The van der Waals surface area contributed by atoms with Gasteiger partial charge in [-0.2, -0.15) is 5.10 Å². The summed E-state index contributed by atoms with van der Waals surface area (Å²) in [7, 11) is 0. The smallest absolute Gasteiger partial charge is 0.0628 e. The number of rotatable bonds is 3. The van der Waals surface area contributed by atoms with Gasteiger partial charge in [0.05, 0.1) is 11.7 Å². The van der Waals surface area contributed by atoms with Crippen molar-refractivity contribution in [3.05, 3.63) is 18.0 Å². The minimum absolute atomic E-state index is 0.359. The van der Waals surface area contributed by atoms with Gasteiger partial charge < -0.3 is 5.73 Å². The zero-order valence-corrected chi connectivity index (χ0v) is 13.7. The fourth-order valence-electron chi connectivity index (χ4n) is 4.28. The van der Waals surface area contributed by atoms with E-state index >= 15 is 0 Å². The van der Waals surface area contributed by atoms with Crippen LogP contribution in [0, 0.1) is 11.3 Å². The molecule has 0 aromatic carbocycles. The van der Waals surface area contributed by atoms with E-state index in [2.05, 4.69) is 30.8 Å². The second-order valence-electron chi connectivity index (χ2n) is 8.11. The Morgan fingerprint density at radius 2 is 2.00 bits per heavy atom. The Labute approximate surface area is 129 Å². The van der Waals surface area contributed by atoms with E-state index in [1.807, 2.05) is 0 Å². The highest BCUT2D eigenvalue weighted by molar-refractivity contribution is 5.04. The summed E-state index contributed by atoms with van der Waals surface area (Å²) < 4.78 is 2.23. The number of nitrogens with zero attached hydrogens (tertiary/aromatic N) is 2. The molecule has 0 amide bonds. The summed E-state index contributed by atoms with van der Waals surface area (Å²) in [5.41, 5.74) is 8.06. The molecule has 2 aliphatic rings. The molecule has 3 nitrogen and oxygen atoms in total. The van der Waals surface area contributed by atoms with Crippen molar-refractivity contribution in [3.8, 4) is 0 Å². The Balaban J connectivity index is 1.63. The van der Waals surface area contributed by atoms with Gasteiger partial charge in [0.2, 0.25) is 0 Å². The number of hydrogen-bond donors (Lipinski definition) is 1. The van der Waals surface area contributed by atoms with E-state index in [1.165, 1.54) is 57.1 Å². The van der Waals surface area contributed by atoms with Crippen molar-refractivity contribution in [2.75, 3.05) is 0 Å². The van der Waals surface area contributed by atoms with Gasteiger partial charge >= 0.3 is 0 Å². The minimum atomic E-state index is 0.359. The van der Waals surface area contributed by atoms with Crippen molar-refractivity contribution in [2.24, 2.45) is 17.1 Å². The standard InChI is InChI=1S/C18H31N3/c1-18(2)10-8-17(19)14(13-18)12-15-9-11-21(20-15)16-6-4-3-5-7-16/h9,11,14,16-17H,3-8,10,12-13,19H2,1-2H3. The lowest BCUT2D eigenvalue weighted by Crippen LogP contribution is -2.40. The molecule has 0 saturated heterocycles. The first-order chi connectivity index (χ1) is 10.0. The van der Waals surface area contributed by atoms with E-state index in [4.69, 9.17) is 10.8 Å². The van der Waals surface area contributed by atoms with Gasteiger partial charge in [-0.3, -0.25) is 4.68 Å². The van der Waals surface area contributed by atoms with Crippen molar-refractivity contribution in [1.82, 2.24) is 9.78 Å². The van der Waals surface area contributed by atoms with Crippen molar-refractivity contribution in [1.29, 1.82) is 0 Å². The molecule has 1 heterocycles. The summed E-state index contributed by atoms with van der Waals surface area (Å²) in [4.78, 5) is 0. The molecule has 2 unspecified atom stereocenters. The number of nitrogens with two attached hydrogens (primary N) is 1. The molecule has 0 radical (unpaired) electrons. The SMILES string of the molecule is CC1(C)CCC(N)C(Cc2ccn(C3CCCCC3)n2)C1. The zero-order chi connectivity index (χ0) is 14.9. The van der Waals surface area contributed by atoms with Gasteiger partial charge in [-0.05, 0) is 55.9 Å². The van der Waals surface area contributed by atoms with Crippen LogP contribution in [0.5, 0.6) is 0 Å². The van der Waals surface area contributed by atoms with Crippen molar-refractivity contribution < 1.29 is 0 Å². The molecule has 0 aliphatic heterocycles. The second kappa shape index (κ2) is 6.12. The predicted molar refractivity (Wildman–Crippen MR) is 87.2 cm³/mol. The first-order valence-electron chi connectivity index (χ1n) is 8.83. The highest BCUT2D eigenvalue weighted by Gasteiger charge is 2.33. The van der Waals surface area contributed by atoms with E-state index in [-0.39, 0.29) is 0 Å². The fraction of sp³-hybridized carbons (Fsp3) is 0.833. The van der Waals surface area contributed by atoms with Crippen molar-refractivity contribution in [2.45, 2.75) is 83.7 Å². The largest absolute Gasteiger partial charge is 0.327 e. The van der Waals surface area contributed by atoms with Gasteiger partial charge in [-0.25, -0.2) is 0 Å². The number of hydrogen-bond acceptors (Lipinski definition) is 2. The van der Waals surface area contributed by atoms with Crippen LogP contribution in [0.4, 0.5) is 0 Å². The Kier molecular flexibility index (Phi) is 4.39. The van der Waals surface area contributed by atoms with E-state index in [0.717, 1.165) is 6.42 Å². The van der Waals surface area contributed by atoms with Crippen LogP contribution >= 0.6 is 0 Å². The van der Waals surface area contributed by atoms with Gasteiger partial charge in [-0.1, -0.05) is 33.1 Å². The summed E-state index contributed by atoms with van der Waals surface area (Å²) in [5.74, 6) is 0.600. The van der Waals surface area contributed by atoms with Gasteiger partial charge in [0.15, 0.2) is 0 Å². The Morgan fingerprint density at radius 1 is 1.24 bits per heavy atom. The lowest BCUT2D eigenvalue weighted by Gasteiger charge is -2.39. The molecular weight excluding hydrogens is 258 g/mol. The van der Waals surface area contributed by atoms with Crippen LogP contribution in [0.1, 0.15) is 76.9 Å². The molecule has 1 aromatic rings. The summed E-state index contributed by atoms with van der Waals surface area (Å²) in [6.45, 7) is 4.76. The van der Waals surface area contributed by atoms with E-state index < -0.39 is 0 Å². The summed E-state index contributed by atoms with van der Waals surface area (Å²) >= 11 is 0. The normalized spacial score (nSPS) is 30.4. The topological polar surface area (TPSA) is 43.8 Å². The fourth-order valence-corrected chi connectivity index (χ4v) is 4.28. The lowest BCUT2D eigenvalue weighted by atomic mass is 9.69. The van der Waals surface area contributed by atoms with Crippen LogP contribution in [-0.2, 0) is 6.42 Å². The Hall–Kier alpha value is -0.830. The average molecular weight is 289 g/mol. The lowest BCUT2D eigenvalue weighted by molar-refractivity contribution is 0.156. The van der Waals surface area contributed by atoms with Gasteiger partial charge in [-0.15, -0.1) is 0 Å². The first-order valence-corrected chi connectivity index (χ1v) is 8.83. The van der Waals surface area contributed by atoms with E-state index in [0.29, 0.717) is 23.4 Å². The second-order valence-corrected chi connectivity index (χ2v) is 8.11. The van der Waals surface area contributed by atoms with Gasteiger partial charge in [0.25, 0.3) is 0 Å². The maximum Gasteiger partial charge on any atom is 0.0628 e. The molecule has 3 rings (SSSR count). The molecule has 2 N–H and O–H groups in total. The van der Waals surface area contributed by atoms with Crippen molar-refractivity contribution in [3.63, 3.8) is 0 Å². The molecule has 2 saturated carbocycles. The van der Waals surface area contributed by atoms with E-state index in [9.17, 15) is 0 Å². The average Bonchev–Trinajstić information content (AvgIpc) is 2.92. The molecule has 2 atom stereocenters. The van der Waals surface area contributed by atoms with Crippen LogP contribution < -0.4 is 5.73 Å². The van der Waals surface area contributed by atoms with Crippen LogP contribution in [0.15, 0.2) is 12.3 Å². The molecule has 118 valence electrons. The maximum absolute atomic E-state index is 6.36. The molecule has 0 spiro atoms. The number of aromatic nitrogens is 2. The molecular formula is C18H31N3. The third kappa shape index (κ3) is 3.68. The predicted octanol–water partition coefficient (Wildman–Crippen LogP) is 4.08. The molecule has 1 aromatic heterocycles. The summed E-state index contributed by atoms with van der Waals surface area (Å²) in [5, 5.41) is 4.87. The van der Waals surface area contributed by atoms with E-state index in [1.54, 1.807) is 0 Å². The Morgan fingerprint density at radius 3 is 2.76 bits per heavy atom. The summed E-state index contributed by atoms with van der Waals surface area (Å²) in [6.07, 6.45) is 13.7. The maximum atomic E-state index is 6.36. The monoisotopic (exact) mass is 289 g/mol. The highest BCUT2D eigenvalue weighted by atomic mass is 15.3. The third-order valence-corrected chi connectivity index (χ3v) is 5.66. The summed E-state index contributed by atoms with van der Waals surface area (Å²) in [6, 6.07) is 3.23. The minimum Gasteiger partial charge on any atom is -0.327 e. The third-order valence-electron chi connectivity index (χ3n) is 5.66. The first kappa shape index (κ1) is 15.1. The molecule has 0 bridgehead atoms. The van der Waals surface area contributed by atoms with Crippen LogP contribution in [0.25, 0.3) is 0 Å². The molecule has 2 aliphatic carbocycles. The highest BCUT2D eigenvalue weighted by Crippen LogP contribution is 2.39. The van der Waals surface area contributed by atoms with Crippen LogP contribution in [-0.4, -0.2) is 15.8 Å². The quantitative estimate of drug-likeness (QED) is 0.911. The van der Waals surface area contributed by atoms with Gasteiger partial charge in [0, 0.05) is 12.2 Å². The van der Waals surface area contributed by atoms with Crippen LogP contribution in [0.3, 0.4) is 0 Å². The molecule has 3 heteroatoms. The van der Waals surface area contributed by atoms with Gasteiger partial charge in [0.1, 0.15) is 0 Å². The van der Waals surface area contributed by atoms with Crippen LogP contribution in [0.2, 0.25) is 0 Å². The van der Waals surface area contributed by atoms with Crippen molar-refractivity contribution >= 4 is 0 Å². The Bertz CT molecular complexity index is 457.